The van der Waals surface area contributed by atoms with Gasteiger partial charge in [-0.2, -0.15) is 0 Å². The Labute approximate surface area is 146 Å². The molecule has 0 atom stereocenters. The van der Waals surface area contributed by atoms with Gasteiger partial charge in [-0.05, 0) is 13.8 Å². The van der Waals surface area contributed by atoms with E-state index in [0.29, 0.717) is 28.5 Å². The third-order valence-corrected chi connectivity index (χ3v) is 4.99. The number of aryl methyl sites for hydroxylation is 2. The Morgan fingerprint density at radius 2 is 1.92 bits per heavy atom. The maximum atomic E-state index is 12.4. The van der Waals surface area contributed by atoms with Gasteiger partial charge < -0.3 is 5.32 Å². The zero-order valence-electron chi connectivity index (χ0n) is 13.3. The molecule has 1 amide bonds. The van der Waals surface area contributed by atoms with Crippen LogP contribution in [-0.4, -0.2) is 38.1 Å². The molecule has 0 unspecified atom stereocenters. The van der Waals surface area contributed by atoms with E-state index in [0.717, 1.165) is 15.8 Å². The molecule has 0 spiro atoms. The highest BCUT2D eigenvalue weighted by Gasteiger charge is 2.16. The molecule has 0 saturated heterocycles. The first-order chi connectivity index (χ1) is 11.6. The number of nitrogens with one attached hydrogen (secondary N) is 2. The highest BCUT2D eigenvalue weighted by molar-refractivity contribution is 7.15. The molecule has 124 valence electrons. The van der Waals surface area contributed by atoms with Crippen molar-refractivity contribution in [1.29, 1.82) is 0 Å². The Balaban J connectivity index is 1.70. The zero-order valence-corrected chi connectivity index (χ0v) is 15.0. The molecular formula is C14H15N7OS2. The molecule has 0 aliphatic rings. The highest BCUT2D eigenvalue weighted by atomic mass is 32.1. The molecule has 0 aromatic carbocycles. The number of thiazole rings is 1. The summed E-state index contributed by atoms with van der Waals surface area (Å²) in [4.78, 5) is 25.0. The molecular weight excluding hydrogens is 346 g/mol. The highest BCUT2D eigenvalue weighted by Crippen LogP contribution is 2.22. The monoisotopic (exact) mass is 361 g/mol. The van der Waals surface area contributed by atoms with Crippen LogP contribution in [0.4, 0.5) is 10.3 Å². The molecule has 3 aromatic rings. The number of anilines is 2. The summed E-state index contributed by atoms with van der Waals surface area (Å²) in [5.41, 5.74) is 2.61. The minimum absolute atomic E-state index is 0.250. The first kappa shape index (κ1) is 16.4. The van der Waals surface area contributed by atoms with E-state index in [-0.39, 0.29) is 5.91 Å². The fraction of sp³-hybridized carbons (Fsp3) is 0.286. The summed E-state index contributed by atoms with van der Waals surface area (Å²) in [6.07, 6.45) is 2.03. The van der Waals surface area contributed by atoms with Crippen molar-refractivity contribution in [2.24, 2.45) is 0 Å². The Morgan fingerprint density at radius 1 is 1.17 bits per heavy atom. The molecule has 3 rings (SSSR count). The van der Waals surface area contributed by atoms with Crippen molar-refractivity contribution in [2.75, 3.05) is 17.7 Å². The van der Waals surface area contributed by atoms with Gasteiger partial charge in [-0.1, -0.05) is 11.3 Å². The van der Waals surface area contributed by atoms with Gasteiger partial charge in [0.2, 0.25) is 5.13 Å². The van der Waals surface area contributed by atoms with Crippen LogP contribution in [0.3, 0.4) is 0 Å². The van der Waals surface area contributed by atoms with Crippen molar-refractivity contribution in [3.63, 3.8) is 0 Å². The van der Waals surface area contributed by atoms with E-state index in [1.54, 1.807) is 20.9 Å². The maximum Gasteiger partial charge on any atom is 0.261 e. The summed E-state index contributed by atoms with van der Waals surface area (Å²) in [6, 6.07) is 0. The first-order valence-electron chi connectivity index (χ1n) is 7.11. The molecule has 0 fully saturated rings. The third kappa shape index (κ3) is 3.54. The average molecular weight is 361 g/mol. The lowest BCUT2D eigenvalue weighted by Gasteiger charge is -2.06. The van der Waals surface area contributed by atoms with Crippen LogP contribution in [0, 0.1) is 13.8 Å². The number of hydrogen-bond acceptors (Lipinski definition) is 9. The molecule has 0 saturated carbocycles. The first-order valence-corrected chi connectivity index (χ1v) is 8.80. The van der Waals surface area contributed by atoms with Crippen LogP contribution in [0.25, 0.3) is 0 Å². The zero-order chi connectivity index (χ0) is 17.1. The lowest BCUT2D eigenvalue weighted by Crippen LogP contribution is -2.16. The Bertz CT molecular complexity index is 853. The smallest absolute Gasteiger partial charge is 0.261 e. The quantitative estimate of drug-likeness (QED) is 0.718. The van der Waals surface area contributed by atoms with E-state index < -0.39 is 0 Å². The Hall–Kier alpha value is -2.46. The fourth-order valence-electron chi connectivity index (χ4n) is 2.11. The molecule has 0 bridgehead atoms. The van der Waals surface area contributed by atoms with E-state index in [1.807, 2.05) is 5.38 Å². The topological polar surface area (TPSA) is 106 Å². The predicted octanol–water partition coefficient (Wildman–Crippen LogP) is 2.29. The van der Waals surface area contributed by atoms with Crippen LogP contribution in [0.5, 0.6) is 0 Å². The number of hydrogen-bond donors (Lipinski definition) is 2. The molecule has 3 heterocycles. The van der Waals surface area contributed by atoms with Gasteiger partial charge >= 0.3 is 0 Å². The third-order valence-electron chi connectivity index (χ3n) is 3.24. The van der Waals surface area contributed by atoms with Crippen molar-refractivity contribution in [2.45, 2.75) is 20.3 Å². The number of carbonyl (C=O) groups is 1. The number of nitrogens with zero attached hydrogens (tertiary/aromatic N) is 5. The molecule has 2 N–H and O–H groups in total. The maximum absolute atomic E-state index is 12.4. The Morgan fingerprint density at radius 3 is 2.58 bits per heavy atom. The fourth-order valence-corrected chi connectivity index (χ4v) is 3.52. The van der Waals surface area contributed by atoms with E-state index in [2.05, 4.69) is 35.8 Å². The van der Waals surface area contributed by atoms with Crippen LogP contribution in [0.1, 0.15) is 32.4 Å². The van der Waals surface area contributed by atoms with Gasteiger partial charge in [0.1, 0.15) is 11.3 Å². The van der Waals surface area contributed by atoms with Crippen LogP contribution in [0.15, 0.2) is 11.7 Å². The lowest BCUT2D eigenvalue weighted by atomic mass is 10.1. The number of rotatable bonds is 5. The number of aromatic nitrogens is 5. The van der Waals surface area contributed by atoms with Gasteiger partial charge in [0.15, 0.2) is 5.13 Å². The molecule has 10 heteroatoms. The van der Waals surface area contributed by atoms with Crippen LogP contribution in [-0.2, 0) is 6.42 Å². The summed E-state index contributed by atoms with van der Waals surface area (Å²) < 4.78 is 0. The average Bonchev–Trinajstić information content (AvgIpc) is 3.17. The summed E-state index contributed by atoms with van der Waals surface area (Å²) in [5, 5.41) is 17.9. The van der Waals surface area contributed by atoms with Crippen molar-refractivity contribution < 1.29 is 4.79 Å². The van der Waals surface area contributed by atoms with Gasteiger partial charge in [0, 0.05) is 18.8 Å². The second-order valence-electron chi connectivity index (χ2n) is 4.95. The van der Waals surface area contributed by atoms with Crippen molar-refractivity contribution in [3.05, 3.63) is 39.4 Å². The largest absolute Gasteiger partial charge is 0.363 e. The van der Waals surface area contributed by atoms with Crippen LogP contribution >= 0.6 is 22.7 Å². The predicted molar refractivity (Wildman–Crippen MR) is 93.8 cm³/mol. The van der Waals surface area contributed by atoms with Crippen molar-refractivity contribution in [3.8, 4) is 0 Å². The van der Waals surface area contributed by atoms with Gasteiger partial charge in [0.25, 0.3) is 5.91 Å². The van der Waals surface area contributed by atoms with Gasteiger partial charge in [-0.25, -0.2) is 15.0 Å². The van der Waals surface area contributed by atoms with Crippen molar-refractivity contribution >= 4 is 38.8 Å². The number of carbonyl (C=O) groups excluding carboxylic acids is 1. The summed E-state index contributed by atoms with van der Waals surface area (Å²) in [5.74, 6) is -0.250. The van der Waals surface area contributed by atoms with Crippen molar-refractivity contribution in [1.82, 2.24) is 25.1 Å². The summed E-state index contributed by atoms with van der Waals surface area (Å²) in [7, 11) is 1.80. The molecule has 0 aliphatic carbocycles. The van der Waals surface area contributed by atoms with E-state index in [4.69, 9.17) is 0 Å². The summed E-state index contributed by atoms with van der Waals surface area (Å²) >= 11 is 2.85. The molecule has 8 nitrogen and oxygen atoms in total. The second-order valence-corrected chi connectivity index (χ2v) is 6.87. The van der Waals surface area contributed by atoms with Gasteiger partial charge in [0.05, 0.1) is 22.6 Å². The van der Waals surface area contributed by atoms with E-state index in [1.165, 1.54) is 29.0 Å². The van der Waals surface area contributed by atoms with Gasteiger partial charge in [-0.15, -0.1) is 21.5 Å². The molecule has 0 radical (unpaired) electrons. The second kappa shape index (κ2) is 6.97. The number of amides is 1. The van der Waals surface area contributed by atoms with E-state index in [9.17, 15) is 4.79 Å². The van der Waals surface area contributed by atoms with Crippen LogP contribution in [0.2, 0.25) is 0 Å². The van der Waals surface area contributed by atoms with Gasteiger partial charge in [-0.3, -0.25) is 10.1 Å². The Kier molecular flexibility index (Phi) is 4.76. The van der Waals surface area contributed by atoms with E-state index >= 15 is 0 Å². The standard InChI is InChI=1S/C14H15N7OS2/c1-7-11(8(2)17-6-16-7)12(22)19-14-18-9(5-23-14)4-10-20-21-13(15-3)24-10/h5-6H,4H2,1-3H3,(H,15,21)(H,18,19,22). The molecule has 3 aromatic heterocycles. The summed E-state index contributed by atoms with van der Waals surface area (Å²) in [6.45, 7) is 3.57. The normalized spacial score (nSPS) is 10.6. The van der Waals surface area contributed by atoms with Crippen LogP contribution < -0.4 is 10.6 Å². The lowest BCUT2D eigenvalue weighted by molar-refractivity contribution is 0.102. The SMILES string of the molecule is CNc1nnc(Cc2csc(NC(=O)c3c(C)ncnc3C)n2)s1. The molecule has 24 heavy (non-hydrogen) atoms. The minimum Gasteiger partial charge on any atom is -0.363 e. The molecule has 0 aliphatic heterocycles. The minimum atomic E-state index is -0.250.